The van der Waals surface area contributed by atoms with Gasteiger partial charge in [0, 0.05) is 36.7 Å². The molecule has 2 aliphatic rings. The topological polar surface area (TPSA) is 75.9 Å². The molecule has 2 aliphatic heterocycles. The predicted octanol–water partition coefficient (Wildman–Crippen LogP) is 3.57. The van der Waals surface area contributed by atoms with E-state index in [1.54, 1.807) is 22.7 Å². The number of carbonyl (C=O) groups is 1. The standard InChI is InChI=1S/C20H21N3O4S/c24-20(22-8-3-13-28-19-5-2-1-4-18(19)22)16-14-15(23(25)26)6-7-17(16)21-9-11-27-12-10-21/h1-2,4-7,14H,3,8-13H2. The van der Waals surface area contributed by atoms with E-state index in [9.17, 15) is 14.9 Å². The molecule has 0 unspecified atom stereocenters. The molecule has 2 heterocycles. The highest BCUT2D eigenvalue weighted by atomic mass is 32.2. The van der Waals surface area contributed by atoms with E-state index in [1.165, 1.54) is 12.1 Å². The number of hydrogen-bond acceptors (Lipinski definition) is 6. The van der Waals surface area contributed by atoms with Gasteiger partial charge in [0.1, 0.15) is 0 Å². The normalized spacial score (nSPS) is 17.0. The summed E-state index contributed by atoms with van der Waals surface area (Å²) in [5, 5.41) is 11.3. The van der Waals surface area contributed by atoms with E-state index in [4.69, 9.17) is 4.74 Å². The number of ether oxygens (including phenoxy) is 1. The van der Waals surface area contributed by atoms with Crippen LogP contribution in [0.5, 0.6) is 0 Å². The van der Waals surface area contributed by atoms with E-state index in [0.29, 0.717) is 38.4 Å². The number of non-ortho nitro benzene ring substituents is 1. The molecule has 0 aliphatic carbocycles. The Balaban J connectivity index is 1.77. The van der Waals surface area contributed by atoms with Crippen molar-refractivity contribution in [2.45, 2.75) is 11.3 Å². The van der Waals surface area contributed by atoms with Crippen molar-refractivity contribution in [2.24, 2.45) is 0 Å². The van der Waals surface area contributed by atoms with Crippen LogP contribution in [-0.2, 0) is 4.74 Å². The summed E-state index contributed by atoms with van der Waals surface area (Å²) in [7, 11) is 0. The van der Waals surface area contributed by atoms with Crippen LogP contribution in [0.15, 0.2) is 47.4 Å². The molecule has 146 valence electrons. The van der Waals surface area contributed by atoms with Gasteiger partial charge in [-0.15, -0.1) is 11.8 Å². The van der Waals surface area contributed by atoms with Crippen molar-refractivity contribution >= 4 is 34.7 Å². The number of rotatable bonds is 3. The molecule has 0 spiro atoms. The summed E-state index contributed by atoms with van der Waals surface area (Å²) in [5.41, 5.74) is 1.90. The van der Waals surface area contributed by atoms with Gasteiger partial charge in [-0.2, -0.15) is 0 Å². The zero-order valence-corrected chi connectivity index (χ0v) is 16.2. The van der Waals surface area contributed by atoms with Crippen molar-refractivity contribution in [3.05, 3.63) is 58.1 Å². The van der Waals surface area contributed by atoms with Crippen LogP contribution in [0.1, 0.15) is 16.8 Å². The fourth-order valence-corrected chi connectivity index (χ4v) is 4.57. The van der Waals surface area contributed by atoms with E-state index in [1.807, 2.05) is 24.3 Å². The van der Waals surface area contributed by atoms with Gasteiger partial charge >= 0.3 is 0 Å². The summed E-state index contributed by atoms with van der Waals surface area (Å²) in [6, 6.07) is 12.4. The van der Waals surface area contributed by atoms with Gasteiger partial charge in [-0.3, -0.25) is 14.9 Å². The number of para-hydroxylation sites is 1. The third kappa shape index (κ3) is 3.70. The lowest BCUT2D eigenvalue weighted by atomic mass is 10.1. The van der Waals surface area contributed by atoms with Crippen molar-refractivity contribution in [3.8, 4) is 0 Å². The molecule has 1 saturated heterocycles. The first kappa shape index (κ1) is 18.8. The molecule has 0 N–H and O–H groups in total. The predicted molar refractivity (Wildman–Crippen MR) is 110 cm³/mol. The molecule has 1 amide bonds. The molecule has 7 nitrogen and oxygen atoms in total. The average Bonchev–Trinajstić information content (AvgIpc) is 2.96. The number of amides is 1. The van der Waals surface area contributed by atoms with Gasteiger partial charge in [0.2, 0.25) is 0 Å². The highest BCUT2D eigenvalue weighted by Crippen LogP contribution is 2.36. The van der Waals surface area contributed by atoms with E-state index >= 15 is 0 Å². The highest BCUT2D eigenvalue weighted by molar-refractivity contribution is 7.99. The number of fused-ring (bicyclic) bond motifs is 1. The van der Waals surface area contributed by atoms with E-state index in [0.717, 1.165) is 28.4 Å². The molecule has 0 radical (unpaired) electrons. The fourth-order valence-electron chi connectivity index (χ4n) is 3.57. The number of morpholine rings is 1. The molecule has 4 rings (SSSR count). The summed E-state index contributed by atoms with van der Waals surface area (Å²) in [6.07, 6.45) is 0.868. The number of thioether (sulfide) groups is 1. The lowest BCUT2D eigenvalue weighted by Crippen LogP contribution is -2.39. The third-order valence-corrected chi connectivity index (χ3v) is 6.11. The second-order valence-corrected chi connectivity index (χ2v) is 7.82. The van der Waals surface area contributed by atoms with Crippen molar-refractivity contribution < 1.29 is 14.5 Å². The Hall–Kier alpha value is -2.58. The first-order valence-electron chi connectivity index (χ1n) is 9.30. The van der Waals surface area contributed by atoms with Gasteiger partial charge in [-0.25, -0.2) is 0 Å². The number of nitro groups is 1. The maximum absolute atomic E-state index is 13.6. The smallest absolute Gasteiger partial charge is 0.270 e. The molecule has 8 heteroatoms. The lowest BCUT2D eigenvalue weighted by molar-refractivity contribution is -0.384. The van der Waals surface area contributed by atoms with Crippen LogP contribution in [0.4, 0.5) is 17.1 Å². The minimum atomic E-state index is -0.452. The molecule has 0 atom stereocenters. The Kier molecular flexibility index (Phi) is 5.50. The third-order valence-electron chi connectivity index (χ3n) is 4.96. The highest BCUT2D eigenvalue weighted by Gasteiger charge is 2.28. The van der Waals surface area contributed by atoms with Gasteiger partial charge in [-0.1, -0.05) is 12.1 Å². The fraction of sp³-hybridized carbons (Fsp3) is 0.350. The Labute approximate surface area is 167 Å². The van der Waals surface area contributed by atoms with E-state index in [2.05, 4.69) is 4.90 Å². The van der Waals surface area contributed by atoms with Crippen LogP contribution in [0.2, 0.25) is 0 Å². The summed E-state index contributed by atoms with van der Waals surface area (Å²) >= 11 is 1.74. The number of carbonyl (C=O) groups excluding carboxylic acids is 1. The van der Waals surface area contributed by atoms with Crippen LogP contribution in [0.25, 0.3) is 0 Å². The molecule has 0 aromatic heterocycles. The van der Waals surface area contributed by atoms with Crippen molar-refractivity contribution in [2.75, 3.05) is 48.4 Å². The van der Waals surface area contributed by atoms with E-state index < -0.39 is 4.92 Å². The zero-order valence-electron chi connectivity index (χ0n) is 15.4. The Morgan fingerprint density at radius 3 is 2.64 bits per heavy atom. The maximum Gasteiger partial charge on any atom is 0.270 e. The first-order chi connectivity index (χ1) is 13.6. The zero-order chi connectivity index (χ0) is 19.5. The summed E-state index contributed by atoms with van der Waals surface area (Å²) in [5.74, 6) is 0.742. The van der Waals surface area contributed by atoms with Crippen LogP contribution >= 0.6 is 11.8 Å². The first-order valence-corrected chi connectivity index (χ1v) is 10.3. The second-order valence-electron chi connectivity index (χ2n) is 6.68. The Bertz CT molecular complexity index is 899. The van der Waals surface area contributed by atoms with Gasteiger partial charge in [0.15, 0.2) is 0 Å². The van der Waals surface area contributed by atoms with Crippen LogP contribution in [0.3, 0.4) is 0 Å². The van der Waals surface area contributed by atoms with Crippen LogP contribution in [-0.4, -0.2) is 49.4 Å². The molecular formula is C20H21N3O4S. The minimum Gasteiger partial charge on any atom is -0.378 e. The summed E-state index contributed by atoms with van der Waals surface area (Å²) in [6.45, 7) is 3.06. The second kappa shape index (κ2) is 8.20. The Morgan fingerprint density at radius 1 is 1.07 bits per heavy atom. The largest absolute Gasteiger partial charge is 0.378 e. The molecule has 0 saturated carbocycles. The monoisotopic (exact) mass is 399 g/mol. The van der Waals surface area contributed by atoms with Crippen molar-refractivity contribution in [3.63, 3.8) is 0 Å². The summed E-state index contributed by atoms with van der Waals surface area (Å²) < 4.78 is 5.41. The molecule has 1 fully saturated rings. The maximum atomic E-state index is 13.6. The molecule has 28 heavy (non-hydrogen) atoms. The number of anilines is 2. The van der Waals surface area contributed by atoms with E-state index in [-0.39, 0.29) is 11.6 Å². The van der Waals surface area contributed by atoms with Gasteiger partial charge in [0.25, 0.3) is 11.6 Å². The molecule has 0 bridgehead atoms. The quantitative estimate of drug-likeness (QED) is 0.580. The van der Waals surface area contributed by atoms with Crippen LogP contribution in [0, 0.1) is 10.1 Å². The number of nitro benzene ring substituents is 1. The SMILES string of the molecule is O=C(c1cc([N+](=O)[O-])ccc1N1CCOCC1)N1CCCSc2ccccc21. The molecule has 2 aromatic rings. The van der Waals surface area contributed by atoms with Gasteiger partial charge in [-0.05, 0) is 30.4 Å². The molecule has 2 aromatic carbocycles. The van der Waals surface area contributed by atoms with Gasteiger partial charge in [0.05, 0.1) is 35.1 Å². The Morgan fingerprint density at radius 2 is 1.86 bits per heavy atom. The van der Waals surface area contributed by atoms with Crippen LogP contribution < -0.4 is 9.80 Å². The number of benzene rings is 2. The molecular weight excluding hydrogens is 378 g/mol. The number of hydrogen-bond donors (Lipinski definition) is 0. The summed E-state index contributed by atoms with van der Waals surface area (Å²) in [4.78, 5) is 29.4. The van der Waals surface area contributed by atoms with Crippen molar-refractivity contribution in [1.82, 2.24) is 0 Å². The van der Waals surface area contributed by atoms with Crippen molar-refractivity contribution in [1.29, 1.82) is 0 Å². The average molecular weight is 399 g/mol. The minimum absolute atomic E-state index is 0.0714. The number of nitrogens with zero attached hydrogens (tertiary/aromatic N) is 3. The van der Waals surface area contributed by atoms with Gasteiger partial charge < -0.3 is 14.5 Å². The lowest BCUT2D eigenvalue weighted by Gasteiger charge is -2.31.